The lowest BCUT2D eigenvalue weighted by atomic mass is 10.0. The molecule has 0 radical (unpaired) electrons. The van der Waals surface area contributed by atoms with Crippen molar-refractivity contribution >= 4 is 5.69 Å². The minimum atomic E-state index is 0.484. The first-order chi connectivity index (χ1) is 9.15. The van der Waals surface area contributed by atoms with Crippen LogP contribution in [0.2, 0.25) is 0 Å². The van der Waals surface area contributed by atoms with Crippen LogP contribution >= 0.6 is 0 Å². The molecular formula is C15H22N4. The molecule has 1 aromatic rings. The molecule has 0 amide bonds. The van der Waals surface area contributed by atoms with E-state index in [4.69, 9.17) is 5.73 Å². The zero-order valence-corrected chi connectivity index (χ0v) is 11.8. The van der Waals surface area contributed by atoms with E-state index in [0.717, 1.165) is 42.7 Å². The highest BCUT2D eigenvalue weighted by molar-refractivity contribution is 5.60. The van der Waals surface area contributed by atoms with Gasteiger partial charge >= 0.3 is 0 Å². The second kappa shape index (κ2) is 6.05. The Balaban J connectivity index is 2.13. The largest absolute Gasteiger partial charge is 0.370 e. The Kier molecular flexibility index (Phi) is 4.41. The fraction of sp³-hybridized carbons (Fsp3) is 0.533. The van der Waals surface area contributed by atoms with Gasteiger partial charge in [-0.25, -0.2) is 0 Å². The van der Waals surface area contributed by atoms with Crippen LogP contribution in [0.3, 0.4) is 0 Å². The van der Waals surface area contributed by atoms with Gasteiger partial charge in [-0.15, -0.1) is 0 Å². The molecule has 19 heavy (non-hydrogen) atoms. The minimum absolute atomic E-state index is 0.484. The lowest BCUT2D eigenvalue weighted by Gasteiger charge is -2.36. The molecule has 1 aliphatic heterocycles. The van der Waals surface area contributed by atoms with Gasteiger partial charge in [0, 0.05) is 25.7 Å². The lowest BCUT2D eigenvalue weighted by molar-refractivity contribution is 0.249. The van der Waals surface area contributed by atoms with Gasteiger partial charge in [0.15, 0.2) is 0 Å². The Bertz CT molecular complexity index is 468. The molecule has 0 saturated carbocycles. The normalized spacial score (nSPS) is 16.7. The molecule has 1 fully saturated rings. The van der Waals surface area contributed by atoms with Crippen LogP contribution in [0.4, 0.5) is 5.69 Å². The fourth-order valence-corrected chi connectivity index (χ4v) is 2.70. The number of anilines is 1. The predicted octanol–water partition coefficient (Wildman–Crippen LogP) is 1.55. The first kappa shape index (κ1) is 13.9. The highest BCUT2D eigenvalue weighted by Crippen LogP contribution is 2.25. The van der Waals surface area contributed by atoms with E-state index in [9.17, 15) is 5.26 Å². The second-order valence-electron chi connectivity index (χ2n) is 5.35. The molecule has 4 heteroatoms. The third kappa shape index (κ3) is 3.06. The maximum Gasteiger partial charge on any atom is 0.101 e. The van der Waals surface area contributed by atoms with Crippen molar-refractivity contribution in [2.24, 2.45) is 5.73 Å². The molecule has 2 rings (SSSR count). The van der Waals surface area contributed by atoms with E-state index in [0.29, 0.717) is 12.6 Å². The number of benzene rings is 1. The topological polar surface area (TPSA) is 56.3 Å². The van der Waals surface area contributed by atoms with Crippen LogP contribution < -0.4 is 10.6 Å². The zero-order valence-electron chi connectivity index (χ0n) is 11.8. The molecule has 0 atom stereocenters. The van der Waals surface area contributed by atoms with E-state index >= 15 is 0 Å². The summed E-state index contributed by atoms with van der Waals surface area (Å²) in [6, 6.07) is 8.92. The van der Waals surface area contributed by atoms with E-state index in [1.54, 1.807) is 0 Å². The van der Waals surface area contributed by atoms with Crippen molar-refractivity contribution in [3.05, 3.63) is 29.3 Å². The van der Waals surface area contributed by atoms with Gasteiger partial charge in [-0.05, 0) is 44.6 Å². The number of nitrogens with two attached hydrogens (primary N) is 1. The first-order valence-electron chi connectivity index (χ1n) is 6.80. The number of nitriles is 1. The molecule has 1 aromatic carbocycles. The summed E-state index contributed by atoms with van der Waals surface area (Å²) in [4.78, 5) is 4.61. The lowest BCUT2D eigenvalue weighted by Crippen LogP contribution is -2.42. The molecule has 1 heterocycles. The molecular weight excluding hydrogens is 236 g/mol. The third-order valence-corrected chi connectivity index (χ3v) is 3.95. The number of nitrogens with zero attached hydrogens (tertiary/aromatic N) is 3. The van der Waals surface area contributed by atoms with E-state index in [-0.39, 0.29) is 0 Å². The molecule has 1 saturated heterocycles. The summed E-state index contributed by atoms with van der Waals surface area (Å²) in [5, 5.41) is 9.28. The molecule has 0 unspecified atom stereocenters. The summed E-state index contributed by atoms with van der Waals surface area (Å²) in [6.07, 6.45) is 2.30. The first-order valence-corrected chi connectivity index (χ1v) is 6.80. The van der Waals surface area contributed by atoms with E-state index in [1.807, 2.05) is 18.2 Å². The van der Waals surface area contributed by atoms with Crippen molar-refractivity contribution in [1.29, 1.82) is 5.26 Å². The maximum absolute atomic E-state index is 9.28. The highest BCUT2D eigenvalue weighted by atomic mass is 15.2. The summed E-state index contributed by atoms with van der Waals surface area (Å²) >= 11 is 0. The van der Waals surface area contributed by atoms with Crippen LogP contribution in [0.5, 0.6) is 0 Å². The quantitative estimate of drug-likeness (QED) is 0.893. The molecule has 4 nitrogen and oxygen atoms in total. The molecule has 0 spiro atoms. The van der Waals surface area contributed by atoms with Crippen LogP contribution in [-0.2, 0) is 6.54 Å². The number of hydrogen-bond acceptors (Lipinski definition) is 4. The molecule has 0 aliphatic carbocycles. The van der Waals surface area contributed by atoms with Crippen molar-refractivity contribution in [3.63, 3.8) is 0 Å². The van der Waals surface area contributed by atoms with Gasteiger partial charge in [-0.3, -0.25) is 0 Å². The van der Waals surface area contributed by atoms with Gasteiger partial charge in [-0.2, -0.15) is 5.26 Å². The number of piperidine rings is 1. The SMILES string of the molecule is CN(C)C1CCN(c2ccc(CN)cc2C#N)CC1. The summed E-state index contributed by atoms with van der Waals surface area (Å²) in [5.41, 5.74) is 8.44. The number of hydrogen-bond donors (Lipinski definition) is 1. The number of rotatable bonds is 3. The van der Waals surface area contributed by atoms with Crippen molar-refractivity contribution in [2.75, 3.05) is 32.1 Å². The Morgan fingerprint density at radius 3 is 2.58 bits per heavy atom. The van der Waals surface area contributed by atoms with Gasteiger partial charge in [0.05, 0.1) is 11.3 Å². The van der Waals surface area contributed by atoms with Crippen LogP contribution in [0, 0.1) is 11.3 Å². The van der Waals surface area contributed by atoms with Crippen molar-refractivity contribution in [1.82, 2.24) is 4.90 Å². The average molecular weight is 258 g/mol. The van der Waals surface area contributed by atoms with Crippen LogP contribution in [0.15, 0.2) is 18.2 Å². The van der Waals surface area contributed by atoms with Crippen LogP contribution in [0.25, 0.3) is 0 Å². The Hall–Kier alpha value is -1.57. The van der Waals surface area contributed by atoms with E-state index in [2.05, 4.69) is 30.0 Å². The van der Waals surface area contributed by atoms with E-state index in [1.165, 1.54) is 0 Å². The Morgan fingerprint density at radius 2 is 2.05 bits per heavy atom. The second-order valence-corrected chi connectivity index (χ2v) is 5.35. The van der Waals surface area contributed by atoms with Crippen molar-refractivity contribution in [2.45, 2.75) is 25.4 Å². The summed E-state index contributed by atoms with van der Waals surface area (Å²) < 4.78 is 0. The Morgan fingerprint density at radius 1 is 1.37 bits per heavy atom. The van der Waals surface area contributed by atoms with Crippen molar-refractivity contribution in [3.8, 4) is 6.07 Å². The summed E-state index contributed by atoms with van der Waals surface area (Å²) in [7, 11) is 4.27. The van der Waals surface area contributed by atoms with Gasteiger partial charge in [0.25, 0.3) is 0 Å². The predicted molar refractivity (Wildman–Crippen MR) is 78.0 cm³/mol. The summed E-state index contributed by atoms with van der Waals surface area (Å²) in [6.45, 7) is 2.51. The van der Waals surface area contributed by atoms with Crippen molar-refractivity contribution < 1.29 is 0 Å². The minimum Gasteiger partial charge on any atom is -0.370 e. The van der Waals surface area contributed by atoms with Gasteiger partial charge < -0.3 is 15.5 Å². The molecule has 1 aliphatic rings. The smallest absolute Gasteiger partial charge is 0.101 e. The van der Waals surface area contributed by atoms with Gasteiger partial charge in [0.1, 0.15) is 6.07 Å². The molecule has 102 valence electrons. The average Bonchev–Trinajstić information content (AvgIpc) is 2.46. The molecule has 0 bridgehead atoms. The molecule has 0 aromatic heterocycles. The summed E-state index contributed by atoms with van der Waals surface area (Å²) in [5.74, 6) is 0. The van der Waals surface area contributed by atoms with Gasteiger partial charge in [-0.1, -0.05) is 6.07 Å². The standard InChI is InChI=1S/C15H22N4/c1-18(2)14-5-7-19(8-6-14)15-4-3-12(10-16)9-13(15)11-17/h3-4,9,14H,5-8,10,16H2,1-2H3. The maximum atomic E-state index is 9.28. The highest BCUT2D eigenvalue weighted by Gasteiger charge is 2.22. The van der Waals surface area contributed by atoms with Crippen LogP contribution in [0.1, 0.15) is 24.0 Å². The van der Waals surface area contributed by atoms with E-state index < -0.39 is 0 Å². The zero-order chi connectivity index (χ0) is 13.8. The van der Waals surface area contributed by atoms with Crippen LogP contribution in [-0.4, -0.2) is 38.1 Å². The third-order valence-electron chi connectivity index (χ3n) is 3.95. The monoisotopic (exact) mass is 258 g/mol. The van der Waals surface area contributed by atoms with Gasteiger partial charge in [0.2, 0.25) is 0 Å². The molecule has 2 N–H and O–H groups in total. The Labute approximate surface area is 115 Å². The fourth-order valence-electron chi connectivity index (χ4n) is 2.70.